The second-order valence-electron chi connectivity index (χ2n) is 4.04. The molecule has 0 aliphatic carbocycles. The number of aryl methyl sites for hydroxylation is 1. The van der Waals surface area contributed by atoms with Gasteiger partial charge in [0.15, 0.2) is 0 Å². The molecule has 2 nitrogen and oxygen atoms in total. The molecule has 0 aromatic heterocycles. The smallest absolute Gasteiger partial charge is 0.257 e. The maximum atomic E-state index is 12.1. The summed E-state index contributed by atoms with van der Waals surface area (Å²) < 4.78 is 0. The molecule has 19 heavy (non-hydrogen) atoms. The Kier molecular flexibility index (Phi) is 4.35. The van der Waals surface area contributed by atoms with Crippen LogP contribution in [0.4, 0.5) is 5.69 Å². The van der Waals surface area contributed by atoms with Crippen molar-refractivity contribution in [2.45, 2.75) is 6.92 Å². The molecule has 2 aromatic rings. The highest BCUT2D eigenvalue weighted by atomic mass is 35.5. The highest BCUT2D eigenvalue weighted by Crippen LogP contribution is 2.30. The van der Waals surface area contributed by atoms with Crippen LogP contribution in [0.15, 0.2) is 36.4 Å². The molecule has 0 saturated carbocycles. The summed E-state index contributed by atoms with van der Waals surface area (Å²) >= 11 is 17.9. The van der Waals surface area contributed by atoms with Gasteiger partial charge >= 0.3 is 0 Å². The van der Waals surface area contributed by atoms with Crippen LogP contribution in [0.3, 0.4) is 0 Å². The molecule has 0 atom stereocenters. The lowest BCUT2D eigenvalue weighted by molar-refractivity contribution is 0.102. The van der Waals surface area contributed by atoms with E-state index in [1.165, 1.54) is 0 Å². The van der Waals surface area contributed by atoms with Crippen LogP contribution in [0.1, 0.15) is 15.9 Å². The highest BCUT2D eigenvalue weighted by Gasteiger charge is 2.13. The Morgan fingerprint density at radius 1 is 1.05 bits per heavy atom. The van der Waals surface area contributed by atoms with Crippen molar-refractivity contribution in [1.82, 2.24) is 0 Å². The second-order valence-corrected chi connectivity index (χ2v) is 5.23. The number of carbonyl (C=O) groups excluding carboxylic acids is 1. The van der Waals surface area contributed by atoms with Crippen molar-refractivity contribution >= 4 is 46.4 Å². The summed E-state index contributed by atoms with van der Waals surface area (Å²) in [5.74, 6) is -0.325. The van der Waals surface area contributed by atoms with Crippen molar-refractivity contribution < 1.29 is 4.79 Å². The predicted octanol–water partition coefficient (Wildman–Crippen LogP) is 5.21. The Labute approximate surface area is 126 Å². The molecule has 0 heterocycles. The summed E-state index contributed by atoms with van der Waals surface area (Å²) in [6.45, 7) is 1.90. The zero-order valence-corrected chi connectivity index (χ0v) is 12.3. The molecular formula is C14H10Cl3NO. The number of hydrogen-bond donors (Lipinski definition) is 1. The van der Waals surface area contributed by atoms with Gasteiger partial charge in [-0.15, -0.1) is 0 Å². The fourth-order valence-electron chi connectivity index (χ4n) is 1.59. The SMILES string of the molecule is Cc1ccc(C(=O)Nc2cccc(Cl)c2Cl)c(Cl)c1. The van der Waals surface area contributed by atoms with Crippen LogP contribution in [0.25, 0.3) is 0 Å². The monoisotopic (exact) mass is 313 g/mol. The van der Waals surface area contributed by atoms with E-state index in [1.54, 1.807) is 30.3 Å². The minimum absolute atomic E-state index is 0.306. The molecule has 2 aromatic carbocycles. The average molecular weight is 315 g/mol. The number of nitrogens with one attached hydrogen (secondary N) is 1. The van der Waals surface area contributed by atoms with E-state index >= 15 is 0 Å². The average Bonchev–Trinajstić information content (AvgIpc) is 2.34. The van der Waals surface area contributed by atoms with Gasteiger partial charge in [0.05, 0.1) is 26.3 Å². The Balaban J connectivity index is 2.28. The van der Waals surface area contributed by atoms with Crippen molar-refractivity contribution in [2.24, 2.45) is 0 Å². The Morgan fingerprint density at radius 3 is 2.47 bits per heavy atom. The molecule has 0 unspecified atom stereocenters. The van der Waals surface area contributed by atoms with E-state index in [1.807, 2.05) is 13.0 Å². The maximum Gasteiger partial charge on any atom is 0.257 e. The Bertz CT molecular complexity index is 641. The molecule has 0 fully saturated rings. The van der Waals surface area contributed by atoms with E-state index < -0.39 is 0 Å². The highest BCUT2D eigenvalue weighted by molar-refractivity contribution is 6.44. The fourth-order valence-corrected chi connectivity index (χ4v) is 2.26. The number of anilines is 1. The molecule has 0 bridgehead atoms. The molecule has 5 heteroatoms. The number of halogens is 3. The lowest BCUT2D eigenvalue weighted by Crippen LogP contribution is -2.12. The van der Waals surface area contributed by atoms with Crippen LogP contribution in [0.2, 0.25) is 15.1 Å². The van der Waals surface area contributed by atoms with Gasteiger partial charge in [0.2, 0.25) is 0 Å². The zero-order valence-electron chi connectivity index (χ0n) is 10.0. The topological polar surface area (TPSA) is 29.1 Å². The Morgan fingerprint density at radius 2 is 1.79 bits per heavy atom. The van der Waals surface area contributed by atoms with E-state index in [2.05, 4.69) is 5.32 Å². The molecule has 98 valence electrons. The van der Waals surface area contributed by atoms with Crippen LogP contribution in [0, 0.1) is 6.92 Å². The predicted molar refractivity (Wildman–Crippen MR) is 80.6 cm³/mol. The molecule has 0 saturated heterocycles. The van der Waals surface area contributed by atoms with Gasteiger partial charge in [-0.2, -0.15) is 0 Å². The molecular weight excluding hydrogens is 305 g/mol. The minimum atomic E-state index is -0.325. The standard InChI is InChI=1S/C14H10Cl3NO/c1-8-5-6-9(11(16)7-8)14(19)18-12-4-2-3-10(15)13(12)17/h2-7H,1H3,(H,18,19). The summed E-state index contributed by atoms with van der Waals surface area (Å²) in [7, 11) is 0. The lowest BCUT2D eigenvalue weighted by atomic mass is 10.1. The number of amides is 1. The van der Waals surface area contributed by atoms with Gasteiger partial charge in [0.1, 0.15) is 0 Å². The molecule has 0 aliphatic heterocycles. The van der Waals surface area contributed by atoms with Gasteiger partial charge in [-0.05, 0) is 36.8 Å². The van der Waals surface area contributed by atoms with Crippen LogP contribution in [-0.4, -0.2) is 5.91 Å². The molecule has 0 aliphatic rings. The zero-order chi connectivity index (χ0) is 14.0. The first-order valence-corrected chi connectivity index (χ1v) is 6.64. The van der Waals surface area contributed by atoms with Crippen LogP contribution >= 0.6 is 34.8 Å². The molecule has 2 rings (SSSR count). The van der Waals surface area contributed by atoms with Gasteiger partial charge < -0.3 is 5.32 Å². The van der Waals surface area contributed by atoms with Crippen molar-refractivity contribution in [2.75, 3.05) is 5.32 Å². The first-order chi connectivity index (χ1) is 8.99. The van der Waals surface area contributed by atoms with Crippen molar-refractivity contribution in [3.8, 4) is 0 Å². The molecule has 1 amide bonds. The lowest BCUT2D eigenvalue weighted by Gasteiger charge is -2.09. The van der Waals surface area contributed by atoms with E-state index in [4.69, 9.17) is 34.8 Å². The van der Waals surface area contributed by atoms with E-state index in [-0.39, 0.29) is 5.91 Å². The maximum absolute atomic E-state index is 12.1. The van der Waals surface area contributed by atoms with E-state index in [0.717, 1.165) is 5.56 Å². The van der Waals surface area contributed by atoms with E-state index in [9.17, 15) is 4.79 Å². The van der Waals surface area contributed by atoms with Crippen molar-refractivity contribution in [3.05, 3.63) is 62.6 Å². The normalized spacial score (nSPS) is 10.3. The third-order valence-electron chi connectivity index (χ3n) is 2.57. The summed E-state index contributed by atoms with van der Waals surface area (Å²) in [5.41, 5.74) is 1.83. The van der Waals surface area contributed by atoms with E-state index in [0.29, 0.717) is 26.3 Å². The second kappa shape index (κ2) is 5.83. The van der Waals surface area contributed by atoms with Gasteiger partial charge in [-0.3, -0.25) is 4.79 Å². The number of carbonyl (C=O) groups is 1. The first-order valence-electron chi connectivity index (χ1n) is 5.50. The largest absolute Gasteiger partial charge is 0.321 e. The number of rotatable bonds is 2. The quantitative estimate of drug-likeness (QED) is 0.810. The fraction of sp³-hybridized carbons (Fsp3) is 0.0714. The van der Waals surface area contributed by atoms with Crippen LogP contribution < -0.4 is 5.32 Å². The Hall–Kier alpha value is -1.22. The van der Waals surface area contributed by atoms with Crippen LogP contribution in [-0.2, 0) is 0 Å². The van der Waals surface area contributed by atoms with Gasteiger partial charge in [-0.1, -0.05) is 46.9 Å². The molecule has 0 spiro atoms. The van der Waals surface area contributed by atoms with Gasteiger partial charge in [-0.25, -0.2) is 0 Å². The number of benzene rings is 2. The third-order valence-corrected chi connectivity index (χ3v) is 3.70. The summed E-state index contributed by atoms with van der Waals surface area (Å²) in [4.78, 5) is 12.1. The molecule has 1 N–H and O–H groups in total. The van der Waals surface area contributed by atoms with Gasteiger partial charge in [0.25, 0.3) is 5.91 Å². The summed E-state index contributed by atoms with van der Waals surface area (Å²) in [6.07, 6.45) is 0. The van der Waals surface area contributed by atoms with Crippen molar-refractivity contribution in [3.63, 3.8) is 0 Å². The van der Waals surface area contributed by atoms with Crippen molar-refractivity contribution in [1.29, 1.82) is 0 Å². The van der Waals surface area contributed by atoms with Crippen LogP contribution in [0.5, 0.6) is 0 Å². The third kappa shape index (κ3) is 3.21. The minimum Gasteiger partial charge on any atom is -0.321 e. The van der Waals surface area contributed by atoms with Gasteiger partial charge in [0, 0.05) is 0 Å². The summed E-state index contributed by atoms with van der Waals surface area (Å²) in [5, 5.41) is 3.78. The first kappa shape index (κ1) is 14.2. The number of hydrogen-bond acceptors (Lipinski definition) is 1. The molecule has 0 radical (unpaired) electrons. The summed E-state index contributed by atoms with van der Waals surface area (Å²) in [6, 6.07) is 10.3.